The molecule has 2 rings (SSSR count). The Balaban J connectivity index is 2.48. The number of sulfone groups is 2. The van der Waals surface area contributed by atoms with Crippen LogP contribution in [0.1, 0.15) is 40.9 Å². The van der Waals surface area contributed by atoms with Crippen molar-refractivity contribution in [1.29, 1.82) is 0 Å². The summed E-state index contributed by atoms with van der Waals surface area (Å²) in [5, 5.41) is 5.65. The van der Waals surface area contributed by atoms with Gasteiger partial charge in [-0.15, -0.1) is 0 Å². The Labute approximate surface area is 172 Å². The number of rotatable bonds is 8. The number of nitrogens with one attached hydrogen (secondary N) is 2. The van der Waals surface area contributed by atoms with Crippen molar-refractivity contribution >= 4 is 25.6 Å². The van der Waals surface area contributed by atoms with Crippen LogP contribution in [0, 0.1) is 6.92 Å². The summed E-state index contributed by atoms with van der Waals surface area (Å²) in [6, 6.07) is 3.09. The van der Waals surface area contributed by atoms with E-state index in [1.165, 1.54) is 6.07 Å². The van der Waals surface area contributed by atoms with Crippen molar-refractivity contribution in [3.63, 3.8) is 0 Å². The molecule has 0 spiro atoms. The van der Waals surface area contributed by atoms with Crippen LogP contribution in [0.5, 0.6) is 0 Å². The highest BCUT2D eigenvalue weighted by atomic mass is 32.2. The lowest BCUT2D eigenvalue weighted by molar-refractivity contribution is 0.0963. The van der Waals surface area contributed by atoms with Gasteiger partial charge in [-0.2, -0.15) is 0 Å². The predicted molar refractivity (Wildman–Crippen MR) is 114 cm³/mol. The molecule has 0 saturated carbocycles. The summed E-state index contributed by atoms with van der Waals surface area (Å²) >= 11 is 0. The summed E-state index contributed by atoms with van der Waals surface area (Å²) in [5.41, 5.74) is 1.59. The summed E-state index contributed by atoms with van der Waals surface area (Å²) in [6.45, 7) is 4.77. The van der Waals surface area contributed by atoms with Crippen molar-refractivity contribution in [2.45, 2.75) is 32.3 Å². The first kappa shape index (κ1) is 22.9. The van der Waals surface area contributed by atoms with Crippen LogP contribution in [-0.4, -0.2) is 34.2 Å². The number of carbonyl (C=O) groups is 1. The Bertz CT molecular complexity index is 1080. The third-order valence-corrected chi connectivity index (χ3v) is 7.81. The standard InChI is InChI=1S/C20H26N2O5S2/c1-4-28(24,25)13-16-11-17(14-29(26,27)5-2)15(3)18(12-16)20(23)22-19-9-7-6-8-10-21-19/h6-12,21H,4-5,13-14H2,1-3H3,(H,22,23). The van der Waals surface area contributed by atoms with Gasteiger partial charge in [0.25, 0.3) is 5.91 Å². The molecule has 0 radical (unpaired) electrons. The lowest BCUT2D eigenvalue weighted by Gasteiger charge is -2.16. The second kappa shape index (κ2) is 9.41. The number of hydrogen-bond acceptors (Lipinski definition) is 6. The molecule has 0 aliphatic carbocycles. The summed E-state index contributed by atoms with van der Waals surface area (Å²) in [7, 11) is -6.71. The predicted octanol–water partition coefficient (Wildman–Crippen LogP) is 2.11. The van der Waals surface area contributed by atoms with Crippen molar-refractivity contribution in [3.8, 4) is 0 Å². The van der Waals surface area contributed by atoms with Gasteiger partial charge in [-0.3, -0.25) is 4.79 Å². The summed E-state index contributed by atoms with van der Waals surface area (Å²) in [6.07, 6.45) is 8.65. The van der Waals surface area contributed by atoms with E-state index in [9.17, 15) is 21.6 Å². The highest BCUT2D eigenvalue weighted by molar-refractivity contribution is 7.90. The molecule has 1 heterocycles. The van der Waals surface area contributed by atoms with Gasteiger partial charge in [-0.05, 0) is 41.8 Å². The highest BCUT2D eigenvalue weighted by Gasteiger charge is 2.20. The van der Waals surface area contributed by atoms with E-state index in [0.29, 0.717) is 22.5 Å². The van der Waals surface area contributed by atoms with E-state index in [2.05, 4.69) is 10.6 Å². The van der Waals surface area contributed by atoms with Gasteiger partial charge in [-0.1, -0.05) is 32.1 Å². The van der Waals surface area contributed by atoms with E-state index in [1.807, 2.05) is 0 Å². The zero-order valence-corrected chi connectivity index (χ0v) is 18.4. The summed E-state index contributed by atoms with van der Waals surface area (Å²) in [4.78, 5) is 12.9. The van der Waals surface area contributed by atoms with Gasteiger partial charge < -0.3 is 10.6 Å². The van der Waals surface area contributed by atoms with Gasteiger partial charge in [-0.25, -0.2) is 16.8 Å². The van der Waals surface area contributed by atoms with Crippen LogP contribution in [0.25, 0.3) is 0 Å². The normalized spacial score (nSPS) is 14.1. The van der Waals surface area contributed by atoms with Gasteiger partial charge in [0.15, 0.2) is 19.7 Å². The molecule has 1 aliphatic rings. The van der Waals surface area contributed by atoms with E-state index in [1.54, 1.807) is 57.3 Å². The van der Waals surface area contributed by atoms with E-state index in [0.717, 1.165) is 0 Å². The minimum atomic E-state index is -3.36. The van der Waals surface area contributed by atoms with E-state index < -0.39 is 25.6 Å². The van der Waals surface area contributed by atoms with Crippen LogP contribution in [0.2, 0.25) is 0 Å². The van der Waals surface area contributed by atoms with Gasteiger partial charge in [0.05, 0.1) is 11.5 Å². The minimum absolute atomic E-state index is 0.0407. The second-order valence-electron chi connectivity index (χ2n) is 6.70. The molecular formula is C20H26N2O5S2. The van der Waals surface area contributed by atoms with E-state index >= 15 is 0 Å². The Morgan fingerprint density at radius 2 is 1.62 bits per heavy atom. The van der Waals surface area contributed by atoms with E-state index in [-0.39, 0.29) is 28.6 Å². The molecule has 158 valence electrons. The first-order chi connectivity index (χ1) is 13.6. The average molecular weight is 439 g/mol. The van der Waals surface area contributed by atoms with Crippen LogP contribution in [0.3, 0.4) is 0 Å². The number of allylic oxidation sites excluding steroid dienone is 4. The van der Waals surface area contributed by atoms with E-state index in [4.69, 9.17) is 0 Å². The van der Waals surface area contributed by atoms with Crippen molar-refractivity contribution in [1.82, 2.24) is 10.6 Å². The first-order valence-corrected chi connectivity index (χ1v) is 12.9. The summed E-state index contributed by atoms with van der Waals surface area (Å²) < 4.78 is 48.5. The third-order valence-electron chi connectivity index (χ3n) is 4.53. The number of amides is 1. The Kier molecular flexibility index (Phi) is 7.43. The smallest absolute Gasteiger partial charge is 0.257 e. The van der Waals surface area contributed by atoms with Crippen LogP contribution < -0.4 is 10.6 Å². The molecule has 1 aromatic carbocycles. The van der Waals surface area contributed by atoms with Crippen molar-refractivity contribution in [2.75, 3.05) is 11.5 Å². The fraction of sp³-hybridized carbons (Fsp3) is 0.350. The molecule has 0 fully saturated rings. The molecule has 0 bridgehead atoms. The molecule has 9 heteroatoms. The maximum Gasteiger partial charge on any atom is 0.257 e. The van der Waals surface area contributed by atoms with Crippen LogP contribution in [0.4, 0.5) is 0 Å². The maximum atomic E-state index is 12.9. The Hall–Kier alpha value is -2.39. The van der Waals surface area contributed by atoms with Crippen molar-refractivity contribution < 1.29 is 21.6 Å². The van der Waals surface area contributed by atoms with Crippen LogP contribution in [-0.2, 0) is 31.2 Å². The molecule has 1 aromatic rings. The first-order valence-electron chi connectivity index (χ1n) is 9.21. The Morgan fingerprint density at radius 3 is 2.28 bits per heavy atom. The topological polar surface area (TPSA) is 109 Å². The fourth-order valence-corrected chi connectivity index (χ4v) is 4.59. The van der Waals surface area contributed by atoms with Gasteiger partial charge in [0.2, 0.25) is 0 Å². The Morgan fingerprint density at radius 1 is 0.966 bits per heavy atom. The largest absolute Gasteiger partial charge is 0.348 e. The zero-order valence-electron chi connectivity index (χ0n) is 16.7. The number of benzene rings is 1. The molecule has 0 saturated heterocycles. The molecule has 0 aromatic heterocycles. The summed E-state index contributed by atoms with van der Waals surface area (Å²) in [5.74, 6) is -0.580. The number of carbonyl (C=O) groups excluding carboxylic acids is 1. The van der Waals surface area contributed by atoms with Gasteiger partial charge in [0, 0.05) is 23.3 Å². The molecule has 7 nitrogen and oxygen atoms in total. The molecule has 2 N–H and O–H groups in total. The zero-order chi connectivity index (χ0) is 21.7. The molecule has 1 amide bonds. The molecule has 0 unspecified atom stereocenters. The minimum Gasteiger partial charge on any atom is -0.348 e. The average Bonchev–Trinajstić information content (AvgIpc) is 2.92. The van der Waals surface area contributed by atoms with Gasteiger partial charge in [0.1, 0.15) is 5.82 Å². The molecule has 1 aliphatic heterocycles. The molecule has 29 heavy (non-hydrogen) atoms. The van der Waals surface area contributed by atoms with Crippen molar-refractivity contribution in [2.24, 2.45) is 0 Å². The number of hydrogen-bond donors (Lipinski definition) is 2. The van der Waals surface area contributed by atoms with Crippen molar-refractivity contribution in [3.05, 3.63) is 70.7 Å². The third kappa shape index (κ3) is 6.57. The highest BCUT2D eigenvalue weighted by Crippen LogP contribution is 2.22. The van der Waals surface area contributed by atoms with Crippen LogP contribution >= 0.6 is 0 Å². The van der Waals surface area contributed by atoms with Gasteiger partial charge >= 0.3 is 0 Å². The lowest BCUT2D eigenvalue weighted by Crippen LogP contribution is -2.30. The maximum absolute atomic E-state index is 12.9. The fourth-order valence-electron chi connectivity index (χ4n) is 2.73. The lowest BCUT2D eigenvalue weighted by atomic mass is 9.99. The molecule has 0 atom stereocenters. The molecular weight excluding hydrogens is 412 g/mol. The quantitative estimate of drug-likeness (QED) is 0.643. The van der Waals surface area contributed by atoms with Crippen LogP contribution in [0.15, 0.2) is 48.5 Å². The monoisotopic (exact) mass is 438 g/mol. The SMILES string of the molecule is CCS(=O)(=O)Cc1cc(CS(=O)(=O)CC)c(C)c(C(=O)NC2=CC=CC=CN2)c1. The second-order valence-corrected chi connectivity index (χ2v) is 11.4.